The zero-order valence-electron chi connectivity index (χ0n) is 24.4. The van der Waals surface area contributed by atoms with Gasteiger partial charge in [-0.3, -0.25) is 10.3 Å². The molecule has 1 amide bonds. The third-order valence-electron chi connectivity index (χ3n) is 6.38. The zero-order valence-corrected chi connectivity index (χ0v) is 25.2. The fourth-order valence-electron chi connectivity index (χ4n) is 4.39. The minimum absolute atomic E-state index is 0.0366. The Bertz CT molecular complexity index is 1640. The van der Waals surface area contributed by atoms with Crippen molar-refractivity contribution in [3.05, 3.63) is 89.7 Å². The van der Waals surface area contributed by atoms with Crippen LogP contribution in [-0.2, 0) is 27.8 Å². The van der Waals surface area contributed by atoms with E-state index in [1.807, 2.05) is 0 Å². The minimum Gasteiger partial charge on any atom is -0.497 e. The van der Waals surface area contributed by atoms with Crippen LogP contribution in [0.25, 0.3) is 10.8 Å². The molecule has 3 aromatic carbocycles. The summed E-state index contributed by atoms with van der Waals surface area (Å²) in [5.74, 6) is 1.21. The highest BCUT2D eigenvalue weighted by molar-refractivity contribution is 7.89. The van der Waals surface area contributed by atoms with Gasteiger partial charge in [-0.2, -0.15) is 4.31 Å². The predicted molar refractivity (Wildman–Crippen MR) is 159 cm³/mol. The largest absolute Gasteiger partial charge is 0.497 e. The summed E-state index contributed by atoms with van der Waals surface area (Å²) in [6.45, 7) is 4.90. The summed E-state index contributed by atoms with van der Waals surface area (Å²) in [7, 11) is -1.33. The Morgan fingerprint density at radius 3 is 1.88 bits per heavy atom. The van der Waals surface area contributed by atoms with Crippen molar-refractivity contribution in [1.82, 2.24) is 9.29 Å². The number of aromatic nitrogens is 1. The first-order chi connectivity index (χ1) is 20.3. The van der Waals surface area contributed by atoms with Gasteiger partial charge in [0, 0.05) is 35.7 Å². The lowest BCUT2D eigenvalue weighted by molar-refractivity contribution is 0.0636. The van der Waals surface area contributed by atoms with Crippen molar-refractivity contribution in [2.24, 2.45) is 0 Å². The smallest absolute Gasteiger partial charge is 0.412 e. The maximum Gasteiger partial charge on any atom is 0.412 e. The van der Waals surface area contributed by atoms with Gasteiger partial charge in [0.15, 0.2) is 0 Å². The first kappa shape index (κ1) is 31.6. The lowest BCUT2D eigenvalue weighted by atomic mass is 10.1. The first-order valence-electron chi connectivity index (χ1n) is 13.3. The average molecular weight is 614 g/mol. The number of ether oxygens (including phenoxy) is 3. The highest BCUT2D eigenvalue weighted by Gasteiger charge is 2.30. The molecule has 0 radical (unpaired) electrons. The number of rotatable bonds is 10. The van der Waals surface area contributed by atoms with Gasteiger partial charge in [0.2, 0.25) is 10.0 Å². The number of amides is 1. The Hall–Kier alpha value is -4.29. The lowest BCUT2D eigenvalue weighted by Crippen LogP contribution is -2.31. The molecule has 12 heteroatoms. The van der Waals surface area contributed by atoms with Gasteiger partial charge >= 0.3 is 6.09 Å². The van der Waals surface area contributed by atoms with Crippen LogP contribution in [0.1, 0.15) is 44.0 Å². The van der Waals surface area contributed by atoms with Crippen molar-refractivity contribution in [1.29, 1.82) is 0 Å². The molecule has 0 atom stereocenters. The fraction of sp³-hybridized carbons (Fsp3) is 0.290. The number of anilines is 1. The van der Waals surface area contributed by atoms with E-state index in [1.165, 1.54) is 36.7 Å². The molecular weight excluding hydrogens is 580 g/mol. The third kappa shape index (κ3) is 7.76. The number of methoxy groups -OCH3 is 2. The summed E-state index contributed by atoms with van der Waals surface area (Å²) in [6, 6.07) is 17.7. The van der Waals surface area contributed by atoms with E-state index in [0.717, 1.165) is 6.20 Å². The van der Waals surface area contributed by atoms with E-state index in [2.05, 4.69) is 10.3 Å². The molecular formula is C31H33F2N3O6S. The quantitative estimate of drug-likeness (QED) is 0.207. The Labute approximate surface area is 249 Å². The number of carbonyl (C=O) groups excluding carboxylic acids is 1. The topological polar surface area (TPSA) is 107 Å². The molecule has 0 fully saturated rings. The summed E-state index contributed by atoms with van der Waals surface area (Å²) in [5, 5.41) is 2.41. The Morgan fingerprint density at radius 1 is 0.884 bits per heavy atom. The summed E-state index contributed by atoms with van der Waals surface area (Å²) in [6.07, 6.45) is -2.72. The molecule has 0 aliphatic carbocycles. The molecule has 1 N–H and O–H groups in total. The molecule has 1 heterocycles. The van der Waals surface area contributed by atoms with Gasteiger partial charge in [0.05, 0.1) is 19.1 Å². The van der Waals surface area contributed by atoms with E-state index in [4.69, 9.17) is 14.2 Å². The van der Waals surface area contributed by atoms with Crippen LogP contribution in [0.3, 0.4) is 0 Å². The van der Waals surface area contributed by atoms with Gasteiger partial charge in [-0.1, -0.05) is 24.3 Å². The maximum atomic E-state index is 14.5. The summed E-state index contributed by atoms with van der Waals surface area (Å²) in [4.78, 5) is 16.1. The van der Waals surface area contributed by atoms with Crippen LogP contribution in [-0.4, -0.2) is 43.6 Å². The maximum absolute atomic E-state index is 14.5. The Kier molecular flexibility index (Phi) is 9.51. The molecule has 0 bridgehead atoms. The van der Waals surface area contributed by atoms with Crippen LogP contribution in [0.4, 0.5) is 19.3 Å². The van der Waals surface area contributed by atoms with Gasteiger partial charge in [0.25, 0.3) is 6.43 Å². The number of nitrogens with one attached hydrogen (secondary N) is 1. The molecule has 9 nitrogen and oxygen atoms in total. The number of alkyl halides is 2. The molecule has 1 aromatic heterocycles. The molecule has 0 unspecified atom stereocenters. The molecule has 228 valence electrons. The number of pyridine rings is 1. The number of hydrogen-bond donors (Lipinski definition) is 1. The Balaban J connectivity index is 1.86. The number of nitrogens with zero attached hydrogens (tertiary/aromatic N) is 2. The van der Waals surface area contributed by atoms with Crippen molar-refractivity contribution >= 4 is 32.6 Å². The number of halogens is 2. The SMILES string of the molecule is COc1ccc(CN(Cc2ccc(OC)cc2)S(=O)(=O)c2cc(NC(=O)OC(C)(C)C)cc3c(C(F)F)nccc23)cc1. The van der Waals surface area contributed by atoms with E-state index >= 15 is 0 Å². The molecule has 0 spiro atoms. The first-order valence-corrected chi connectivity index (χ1v) is 14.7. The van der Waals surface area contributed by atoms with Crippen LogP contribution in [0.2, 0.25) is 0 Å². The summed E-state index contributed by atoms with van der Waals surface area (Å²) >= 11 is 0. The number of sulfonamides is 1. The van der Waals surface area contributed by atoms with Gasteiger partial charge in [-0.15, -0.1) is 0 Å². The molecule has 0 aliphatic rings. The molecule has 0 saturated carbocycles. The van der Waals surface area contributed by atoms with Crippen molar-refractivity contribution < 1.29 is 36.2 Å². The van der Waals surface area contributed by atoms with E-state index in [0.29, 0.717) is 22.6 Å². The Morgan fingerprint density at radius 2 is 1.42 bits per heavy atom. The van der Waals surface area contributed by atoms with Crippen molar-refractivity contribution in [2.45, 2.75) is 50.8 Å². The highest BCUT2D eigenvalue weighted by atomic mass is 32.2. The summed E-state index contributed by atoms with van der Waals surface area (Å²) < 4.78 is 74.0. The zero-order chi connectivity index (χ0) is 31.4. The van der Waals surface area contributed by atoms with Crippen molar-refractivity contribution in [3.8, 4) is 11.5 Å². The summed E-state index contributed by atoms with van der Waals surface area (Å²) in [5.41, 5.74) is -0.165. The molecule has 43 heavy (non-hydrogen) atoms. The second-order valence-corrected chi connectivity index (χ2v) is 12.6. The average Bonchev–Trinajstić information content (AvgIpc) is 2.95. The predicted octanol–water partition coefficient (Wildman–Crippen LogP) is 6.93. The number of fused-ring (bicyclic) bond motifs is 1. The molecule has 4 aromatic rings. The molecule has 0 saturated heterocycles. The minimum atomic E-state index is -4.39. The number of benzene rings is 3. The number of carbonyl (C=O) groups is 1. The highest BCUT2D eigenvalue weighted by Crippen LogP contribution is 2.35. The van der Waals surface area contributed by atoms with E-state index < -0.39 is 33.8 Å². The fourth-order valence-corrected chi connectivity index (χ4v) is 6.04. The second-order valence-electron chi connectivity index (χ2n) is 10.7. The van der Waals surface area contributed by atoms with Crippen LogP contribution < -0.4 is 14.8 Å². The van der Waals surface area contributed by atoms with E-state index in [9.17, 15) is 22.0 Å². The van der Waals surface area contributed by atoms with Crippen molar-refractivity contribution in [3.63, 3.8) is 0 Å². The normalized spacial score (nSPS) is 12.0. The molecule has 0 aliphatic heterocycles. The van der Waals surface area contributed by atoms with E-state index in [1.54, 1.807) is 69.3 Å². The second kappa shape index (κ2) is 12.9. The third-order valence-corrected chi connectivity index (χ3v) is 8.21. The van der Waals surface area contributed by atoms with Crippen LogP contribution in [0.5, 0.6) is 11.5 Å². The van der Waals surface area contributed by atoms with Gasteiger partial charge < -0.3 is 14.2 Å². The van der Waals surface area contributed by atoms with Crippen LogP contribution in [0, 0.1) is 0 Å². The monoisotopic (exact) mass is 613 g/mol. The standard InChI is InChI=1S/C31H33F2N3O6S/c1-31(2,3)42-30(37)35-22-16-26-25(14-15-34-28(26)29(32)33)27(17-22)43(38,39)36(18-20-6-10-23(40-4)11-7-20)19-21-8-12-24(41-5)13-9-21/h6-17,29H,18-19H2,1-5H3,(H,35,37). The van der Waals surface area contributed by atoms with Crippen molar-refractivity contribution in [2.75, 3.05) is 19.5 Å². The van der Waals surface area contributed by atoms with Gasteiger partial charge in [0.1, 0.15) is 22.8 Å². The number of hydrogen-bond acceptors (Lipinski definition) is 7. The molecule has 4 rings (SSSR count). The lowest BCUT2D eigenvalue weighted by Gasteiger charge is -2.25. The van der Waals surface area contributed by atoms with Crippen LogP contribution >= 0.6 is 0 Å². The van der Waals surface area contributed by atoms with Crippen LogP contribution in [0.15, 0.2) is 77.8 Å². The van der Waals surface area contributed by atoms with E-state index in [-0.39, 0.29) is 34.4 Å². The van der Waals surface area contributed by atoms with Gasteiger partial charge in [-0.25, -0.2) is 22.0 Å². The van der Waals surface area contributed by atoms with Gasteiger partial charge in [-0.05, 0) is 74.4 Å².